The Hall–Kier alpha value is -3.56. The van der Waals surface area contributed by atoms with Crippen LogP contribution in [-0.4, -0.2) is 21.4 Å². The fourth-order valence-corrected chi connectivity index (χ4v) is 3.98. The second-order valence-corrected chi connectivity index (χ2v) is 8.35. The Morgan fingerprint density at radius 3 is 2.21 bits per heavy atom. The van der Waals surface area contributed by atoms with Gasteiger partial charge in [-0.3, -0.25) is 9.36 Å². The number of aromatic hydroxyl groups is 1. The molecule has 1 N–H and O–H groups in total. The standard InChI is InChI=1S/C24H19BrN4O3S/c1-15-7-3-4-8-18(15)28-22(30)21(27-26-17-13-11-16(25)12-14-17)23(31)29(24(28)33)19-9-5-6-10-20(19)32-2/h3-14,30H,1-2H3. The van der Waals surface area contributed by atoms with Gasteiger partial charge in [0.05, 0.1) is 24.2 Å². The van der Waals surface area contributed by atoms with Crippen LogP contribution in [0.5, 0.6) is 11.6 Å². The molecule has 0 atom stereocenters. The largest absolute Gasteiger partial charge is 0.495 e. The van der Waals surface area contributed by atoms with Crippen molar-refractivity contribution in [1.82, 2.24) is 9.13 Å². The van der Waals surface area contributed by atoms with Crippen molar-refractivity contribution in [3.63, 3.8) is 0 Å². The minimum atomic E-state index is -0.618. The van der Waals surface area contributed by atoms with Crippen LogP contribution in [0.15, 0.2) is 92.3 Å². The van der Waals surface area contributed by atoms with Gasteiger partial charge in [-0.05, 0) is 67.2 Å². The highest BCUT2D eigenvalue weighted by Gasteiger charge is 2.21. The minimum Gasteiger partial charge on any atom is -0.495 e. The molecule has 0 spiro atoms. The lowest BCUT2D eigenvalue weighted by Crippen LogP contribution is -2.23. The fourth-order valence-electron chi connectivity index (χ4n) is 3.35. The van der Waals surface area contributed by atoms with Gasteiger partial charge in [0.2, 0.25) is 11.6 Å². The predicted molar refractivity (Wildman–Crippen MR) is 133 cm³/mol. The average Bonchev–Trinajstić information content (AvgIpc) is 2.81. The molecule has 0 aliphatic heterocycles. The highest BCUT2D eigenvalue weighted by atomic mass is 79.9. The number of hydrogen-bond acceptors (Lipinski definition) is 6. The molecule has 7 nitrogen and oxygen atoms in total. The normalized spacial score (nSPS) is 11.1. The fraction of sp³-hybridized carbons (Fsp3) is 0.0833. The van der Waals surface area contributed by atoms with E-state index >= 15 is 0 Å². The average molecular weight is 523 g/mol. The molecule has 33 heavy (non-hydrogen) atoms. The van der Waals surface area contributed by atoms with Gasteiger partial charge < -0.3 is 9.84 Å². The van der Waals surface area contributed by atoms with Gasteiger partial charge >= 0.3 is 0 Å². The van der Waals surface area contributed by atoms with Gasteiger partial charge in [-0.25, -0.2) is 4.57 Å². The van der Waals surface area contributed by atoms with Gasteiger partial charge in [-0.15, -0.1) is 5.11 Å². The van der Waals surface area contributed by atoms with Crippen LogP contribution in [0.2, 0.25) is 0 Å². The van der Waals surface area contributed by atoms with E-state index in [4.69, 9.17) is 17.0 Å². The number of azo groups is 1. The zero-order chi connectivity index (χ0) is 23.5. The molecule has 1 aromatic heterocycles. The Kier molecular flexibility index (Phi) is 6.52. The zero-order valence-corrected chi connectivity index (χ0v) is 20.2. The van der Waals surface area contributed by atoms with Gasteiger partial charge in [-0.2, -0.15) is 5.11 Å². The number of methoxy groups -OCH3 is 1. The van der Waals surface area contributed by atoms with Gasteiger partial charge in [0.15, 0.2) is 4.77 Å². The SMILES string of the molecule is COc1ccccc1-n1c(=O)c(N=Nc2ccc(Br)cc2)c(O)n(-c2ccccc2C)c1=S. The summed E-state index contributed by atoms with van der Waals surface area (Å²) in [5.74, 6) is 0.0508. The molecule has 0 fully saturated rings. The first-order valence-corrected chi connectivity index (χ1v) is 11.1. The quantitative estimate of drug-likeness (QED) is 0.237. The topological polar surface area (TPSA) is 81.1 Å². The summed E-state index contributed by atoms with van der Waals surface area (Å²) in [6, 6.07) is 21.5. The smallest absolute Gasteiger partial charge is 0.290 e. The van der Waals surface area contributed by atoms with Crippen molar-refractivity contribution in [2.45, 2.75) is 6.92 Å². The monoisotopic (exact) mass is 522 g/mol. The summed E-state index contributed by atoms with van der Waals surface area (Å²) in [7, 11) is 1.51. The van der Waals surface area contributed by atoms with Gasteiger partial charge in [0.1, 0.15) is 5.75 Å². The van der Waals surface area contributed by atoms with E-state index < -0.39 is 11.4 Å². The molecular formula is C24H19BrN4O3S. The Bertz CT molecular complexity index is 1480. The number of halogens is 1. The summed E-state index contributed by atoms with van der Waals surface area (Å²) in [6.07, 6.45) is 0. The number of benzene rings is 3. The summed E-state index contributed by atoms with van der Waals surface area (Å²) >= 11 is 9.05. The molecule has 3 aromatic carbocycles. The summed E-state index contributed by atoms with van der Waals surface area (Å²) in [5, 5.41) is 19.4. The Morgan fingerprint density at radius 2 is 1.55 bits per heavy atom. The highest BCUT2D eigenvalue weighted by molar-refractivity contribution is 9.10. The molecule has 0 unspecified atom stereocenters. The molecule has 0 amide bonds. The molecule has 9 heteroatoms. The molecule has 4 aromatic rings. The first kappa shape index (κ1) is 22.6. The molecule has 166 valence electrons. The van der Waals surface area contributed by atoms with Crippen molar-refractivity contribution in [3.05, 3.63) is 98.0 Å². The van der Waals surface area contributed by atoms with Crippen LogP contribution < -0.4 is 10.3 Å². The van der Waals surface area contributed by atoms with Crippen LogP contribution in [0.3, 0.4) is 0 Å². The van der Waals surface area contributed by atoms with Crippen LogP contribution in [0, 0.1) is 11.7 Å². The first-order chi connectivity index (χ1) is 15.9. The lowest BCUT2D eigenvalue weighted by molar-refractivity contribution is 0.410. The van der Waals surface area contributed by atoms with Crippen molar-refractivity contribution in [1.29, 1.82) is 0 Å². The van der Waals surface area contributed by atoms with Crippen LogP contribution in [0.1, 0.15) is 5.56 Å². The van der Waals surface area contributed by atoms with Crippen LogP contribution >= 0.6 is 28.1 Å². The Labute approximate surface area is 203 Å². The summed E-state index contributed by atoms with van der Waals surface area (Å²) < 4.78 is 9.11. The third kappa shape index (κ3) is 4.37. The Morgan fingerprint density at radius 1 is 0.909 bits per heavy atom. The Balaban J connectivity index is 2.05. The molecule has 0 bridgehead atoms. The number of aryl methyl sites for hydroxylation is 1. The minimum absolute atomic E-state index is 0.0684. The molecule has 0 saturated carbocycles. The summed E-state index contributed by atoms with van der Waals surface area (Å²) in [5.41, 5.74) is 1.55. The number of para-hydroxylation sites is 3. The van der Waals surface area contributed by atoms with E-state index in [-0.39, 0.29) is 10.5 Å². The molecule has 0 radical (unpaired) electrons. The van der Waals surface area contributed by atoms with Gasteiger partial charge in [0, 0.05) is 4.47 Å². The van der Waals surface area contributed by atoms with Crippen LogP contribution in [0.4, 0.5) is 11.4 Å². The second kappa shape index (κ2) is 9.51. The van der Waals surface area contributed by atoms with E-state index in [0.717, 1.165) is 10.0 Å². The number of aromatic nitrogens is 2. The van der Waals surface area contributed by atoms with Gasteiger partial charge in [-0.1, -0.05) is 46.3 Å². The van der Waals surface area contributed by atoms with Crippen molar-refractivity contribution >= 4 is 39.5 Å². The third-order valence-electron chi connectivity index (χ3n) is 4.99. The lowest BCUT2D eigenvalue weighted by atomic mass is 10.2. The molecule has 0 aliphatic carbocycles. The zero-order valence-electron chi connectivity index (χ0n) is 17.8. The van der Waals surface area contributed by atoms with Crippen molar-refractivity contribution in [2.24, 2.45) is 10.2 Å². The van der Waals surface area contributed by atoms with Crippen molar-refractivity contribution in [3.8, 4) is 23.0 Å². The second-order valence-electron chi connectivity index (χ2n) is 7.07. The molecule has 1 heterocycles. The van der Waals surface area contributed by atoms with Crippen molar-refractivity contribution in [2.75, 3.05) is 7.11 Å². The highest BCUT2D eigenvalue weighted by Crippen LogP contribution is 2.32. The maximum atomic E-state index is 13.5. The van der Waals surface area contributed by atoms with Crippen LogP contribution in [0.25, 0.3) is 11.4 Å². The molecular weight excluding hydrogens is 504 g/mol. The lowest BCUT2D eigenvalue weighted by Gasteiger charge is -2.18. The molecule has 0 aliphatic rings. The predicted octanol–water partition coefficient (Wildman–Crippen LogP) is 6.56. The van der Waals surface area contributed by atoms with E-state index in [1.165, 1.54) is 16.2 Å². The summed E-state index contributed by atoms with van der Waals surface area (Å²) in [6.45, 7) is 1.89. The number of hydrogen-bond donors (Lipinski definition) is 1. The van der Waals surface area contributed by atoms with E-state index in [1.807, 2.05) is 25.1 Å². The maximum absolute atomic E-state index is 13.5. The first-order valence-electron chi connectivity index (χ1n) is 9.90. The van der Waals surface area contributed by atoms with E-state index in [1.54, 1.807) is 54.6 Å². The molecule has 0 saturated heterocycles. The molecule has 4 rings (SSSR count). The number of ether oxygens (including phenoxy) is 1. The van der Waals surface area contributed by atoms with Gasteiger partial charge in [0.25, 0.3) is 5.56 Å². The van der Waals surface area contributed by atoms with E-state index in [9.17, 15) is 9.90 Å². The van der Waals surface area contributed by atoms with E-state index in [0.29, 0.717) is 22.8 Å². The number of rotatable bonds is 5. The maximum Gasteiger partial charge on any atom is 0.290 e. The summed E-state index contributed by atoms with van der Waals surface area (Å²) in [4.78, 5) is 13.5. The van der Waals surface area contributed by atoms with Crippen LogP contribution in [-0.2, 0) is 0 Å². The van der Waals surface area contributed by atoms with E-state index in [2.05, 4.69) is 26.2 Å². The third-order valence-corrected chi connectivity index (χ3v) is 5.88. The van der Waals surface area contributed by atoms with Crippen molar-refractivity contribution < 1.29 is 9.84 Å². The number of nitrogens with zero attached hydrogens (tertiary/aromatic N) is 4.